The lowest BCUT2D eigenvalue weighted by atomic mass is 9.85. The van der Waals surface area contributed by atoms with Crippen LogP contribution in [0.3, 0.4) is 0 Å². The van der Waals surface area contributed by atoms with Crippen LogP contribution in [0.4, 0.5) is 0 Å². The number of nitrogens with two attached hydrogens (primary N) is 1. The molecule has 1 aliphatic carbocycles. The molecule has 2 rings (SSSR count). The van der Waals surface area contributed by atoms with Crippen LogP contribution in [-0.4, -0.2) is 44.4 Å². The minimum Gasteiger partial charge on any atom is -0.493 e. The molecule has 5 nitrogen and oxygen atoms in total. The van der Waals surface area contributed by atoms with Gasteiger partial charge in [0.1, 0.15) is 0 Å². The molecule has 0 aromatic heterocycles. The van der Waals surface area contributed by atoms with Crippen LogP contribution in [0.5, 0.6) is 11.5 Å². The van der Waals surface area contributed by atoms with Crippen molar-refractivity contribution in [1.82, 2.24) is 4.90 Å². The first kappa shape index (κ1) is 21.9. The zero-order valence-corrected chi connectivity index (χ0v) is 17.0. The van der Waals surface area contributed by atoms with Crippen molar-refractivity contribution in [2.24, 2.45) is 11.7 Å². The number of thioether (sulfide) groups is 1. The Morgan fingerprint density at radius 3 is 2.48 bits per heavy atom. The summed E-state index contributed by atoms with van der Waals surface area (Å²) in [5, 5.41) is 0. The van der Waals surface area contributed by atoms with E-state index in [-0.39, 0.29) is 30.3 Å². The number of nitrogens with zero attached hydrogens (tertiary/aromatic N) is 1. The molecule has 0 spiro atoms. The van der Waals surface area contributed by atoms with Crippen LogP contribution in [0, 0.1) is 5.92 Å². The predicted molar refractivity (Wildman–Crippen MR) is 105 cm³/mol. The van der Waals surface area contributed by atoms with E-state index in [1.807, 2.05) is 30.3 Å². The second-order valence-electron chi connectivity index (χ2n) is 6.34. The van der Waals surface area contributed by atoms with E-state index in [4.69, 9.17) is 15.2 Å². The van der Waals surface area contributed by atoms with Gasteiger partial charge in [-0.25, -0.2) is 0 Å². The summed E-state index contributed by atoms with van der Waals surface area (Å²) < 4.78 is 10.8. The molecular weight excluding hydrogens is 360 g/mol. The number of hydrogen-bond donors (Lipinski definition) is 1. The fraction of sp³-hybridized carbons (Fsp3) is 0.611. The molecule has 2 unspecified atom stereocenters. The van der Waals surface area contributed by atoms with Gasteiger partial charge in [0.15, 0.2) is 11.5 Å². The highest BCUT2D eigenvalue weighted by Gasteiger charge is 2.28. The van der Waals surface area contributed by atoms with Crippen LogP contribution in [0.1, 0.15) is 31.2 Å². The van der Waals surface area contributed by atoms with Crippen molar-refractivity contribution < 1.29 is 14.3 Å². The molecule has 0 radical (unpaired) electrons. The average Bonchev–Trinajstić information content (AvgIpc) is 2.60. The first-order chi connectivity index (χ1) is 11.5. The van der Waals surface area contributed by atoms with Crippen LogP contribution in [0.2, 0.25) is 0 Å². The highest BCUT2D eigenvalue weighted by Crippen LogP contribution is 2.35. The van der Waals surface area contributed by atoms with Crippen molar-refractivity contribution >= 4 is 30.1 Å². The number of methoxy groups -OCH3 is 2. The summed E-state index contributed by atoms with van der Waals surface area (Å²) in [5.41, 5.74) is 7.09. The zero-order valence-electron chi connectivity index (χ0n) is 15.4. The maximum Gasteiger partial charge on any atom is 0.225 e. The maximum atomic E-state index is 12.7. The summed E-state index contributed by atoms with van der Waals surface area (Å²) in [6.45, 7) is 0.557. The standard InChI is InChI=1S/C18H28N2O3S.ClH/c1-20(18(21)12-6-5-7-14(19)8-12)11-13-9-15(22-2)16(23-3)10-17(13)24-4;/h9-10,12,14H,5-8,11,19H2,1-4H3;1H. The van der Waals surface area contributed by atoms with Crippen LogP contribution >= 0.6 is 24.2 Å². The molecule has 2 atom stereocenters. The number of carbonyl (C=O) groups is 1. The van der Waals surface area contributed by atoms with E-state index in [9.17, 15) is 4.79 Å². The monoisotopic (exact) mass is 388 g/mol. The highest BCUT2D eigenvalue weighted by atomic mass is 35.5. The van der Waals surface area contributed by atoms with Gasteiger partial charge < -0.3 is 20.1 Å². The molecule has 7 heteroatoms. The smallest absolute Gasteiger partial charge is 0.225 e. The van der Waals surface area contributed by atoms with Crippen LogP contribution in [0.25, 0.3) is 0 Å². The van der Waals surface area contributed by atoms with Crippen LogP contribution in [0.15, 0.2) is 17.0 Å². The summed E-state index contributed by atoms with van der Waals surface area (Å²) in [6.07, 6.45) is 5.83. The molecule has 142 valence electrons. The lowest BCUT2D eigenvalue weighted by Crippen LogP contribution is -2.38. The molecule has 2 N–H and O–H groups in total. The molecule has 0 heterocycles. The molecule has 0 bridgehead atoms. The SMILES string of the molecule is COc1cc(CN(C)C(=O)C2CCCC(N)C2)c(SC)cc1OC.Cl. The molecular formula is C18H29ClN2O3S. The van der Waals surface area contributed by atoms with Gasteiger partial charge in [-0.05, 0) is 43.2 Å². The molecule has 1 amide bonds. The molecule has 1 fully saturated rings. The summed E-state index contributed by atoms with van der Waals surface area (Å²) in [4.78, 5) is 15.6. The maximum absolute atomic E-state index is 12.7. The Morgan fingerprint density at radius 2 is 1.92 bits per heavy atom. The summed E-state index contributed by atoms with van der Waals surface area (Å²) in [6, 6.07) is 4.08. The minimum absolute atomic E-state index is 0. The second kappa shape index (κ2) is 10.1. The fourth-order valence-corrected chi connectivity index (χ4v) is 3.92. The molecule has 0 saturated heterocycles. The normalized spacial score (nSPS) is 19.7. The van der Waals surface area contributed by atoms with Gasteiger partial charge in [0, 0.05) is 30.4 Å². The lowest BCUT2D eigenvalue weighted by Gasteiger charge is -2.30. The van der Waals surface area contributed by atoms with Crippen molar-refractivity contribution in [2.45, 2.75) is 43.2 Å². The lowest BCUT2D eigenvalue weighted by molar-refractivity contribution is -0.136. The van der Waals surface area contributed by atoms with E-state index >= 15 is 0 Å². The average molecular weight is 389 g/mol. The van der Waals surface area contributed by atoms with E-state index in [1.165, 1.54) is 0 Å². The molecule has 1 saturated carbocycles. The van der Waals surface area contributed by atoms with Gasteiger partial charge in [0.25, 0.3) is 0 Å². The second-order valence-corrected chi connectivity index (χ2v) is 7.19. The molecule has 1 aliphatic rings. The minimum atomic E-state index is 0. The summed E-state index contributed by atoms with van der Waals surface area (Å²) in [7, 11) is 5.12. The third kappa shape index (κ3) is 5.43. The Bertz CT molecular complexity index is 586. The van der Waals surface area contributed by atoms with E-state index in [0.717, 1.165) is 36.1 Å². The number of hydrogen-bond acceptors (Lipinski definition) is 5. The van der Waals surface area contributed by atoms with Gasteiger partial charge in [-0.2, -0.15) is 0 Å². The van der Waals surface area contributed by atoms with Gasteiger partial charge in [0.2, 0.25) is 5.91 Å². The Morgan fingerprint density at radius 1 is 1.28 bits per heavy atom. The fourth-order valence-electron chi connectivity index (χ4n) is 3.31. The van der Waals surface area contributed by atoms with Gasteiger partial charge in [-0.1, -0.05) is 6.42 Å². The van der Waals surface area contributed by atoms with Crippen molar-refractivity contribution in [3.8, 4) is 11.5 Å². The Hall–Kier alpha value is -1.11. The highest BCUT2D eigenvalue weighted by molar-refractivity contribution is 7.98. The van der Waals surface area contributed by atoms with E-state index in [2.05, 4.69) is 0 Å². The Kier molecular flexibility index (Phi) is 8.89. The van der Waals surface area contributed by atoms with Crippen molar-refractivity contribution in [2.75, 3.05) is 27.5 Å². The summed E-state index contributed by atoms with van der Waals surface area (Å²) in [5.74, 6) is 1.63. The van der Waals surface area contributed by atoms with Gasteiger partial charge >= 0.3 is 0 Å². The molecule has 0 aliphatic heterocycles. The number of halogens is 1. The van der Waals surface area contributed by atoms with Crippen LogP contribution in [-0.2, 0) is 11.3 Å². The predicted octanol–water partition coefficient (Wildman–Crippen LogP) is 3.32. The van der Waals surface area contributed by atoms with Gasteiger partial charge in [-0.15, -0.1) is 24.2 Å². The van der Waals surface area contributed by atoms with Gasteiger partial charge in [0.05, 0.1) is 14.2 Å². The van der Waals surface area contributed by atoms with Crippen molar-refractivity contribution in [3.05, 3.63) is 17.7 Å². The van der Waals surface area contributed by atoms with E-state index < -0.39 is 0 Å². The first-order valence-electron chi connectivity index (χ1n) is 8.29. The number of rotatable bonds is 6. The number of amides is 1. The van der Waals surface area contributed by atoms with E-state index in [1.54, 1.807) is 26.0 Å². The first-order valence-corrected chi connectivity index (χ1v) is 9.52. The van der Waals surface area contributed by atoms with Crippen LogP contribution < -0.4 is 15.2 Å². The topological polar surface area (TPSA) is 64.8 Å². The quantitative estimate of drug-likeness (QED) is 0.757. The third-order valence-electron chi connectivity index (χ3n) is 4.63. The molecule has 1 aromatic carbocycles. The largest absolute Gasteiger partial charge is 0.493 e. The number of ether oxygens (including phenoxy) is 2. The Balaban J connectivity index is 0.00000312. The number of benzene rings is 1. The number of carbonyl (C=O) groups excluding carboxylic acids is 1. The van der Waals surface area contributed by atoms with Crippen molar-refractivity contribution in [1.29, 1.82) is 0 Å². The third-order valence-corrected chi connectivity index (χ3v) is 5.45. The summed E-state index contributed by atoms with van der Waals surface area (Å²) >= 11 is 1.64. The zero-order chi connectivity index (χ0) is 17.7. The Labute approximate surface area is 161 Å². The van der Waals surface area contributed by atoms with Crippen molar-refractivity contribution in [3.63, 3.8) is 0 Å². The van der Waals surface area contributed by atoms with Gasteiger partial charge in [-0.3, -0.25) is 4.79 Å². The molecule has 25 heavy (non-hydrogen) atoms. The molecule has 1 aromatic rings. The van der Waals surface area contributed by atoms with E-state index in [0.29, 0.717) is 18.0 Å².